The monoisotopic (exact) mass is 306 g/mol. The standard InChI is InChI=1S/C18H26O4/c1-9(2)15(20)10(3)14(19)8-17(4)13-7-11-6-12(13)16(21)22-18(11,17)5/h9-13H,6-8H2,1-5H3. The minimum Gasteiger partial charge on any atom is -0.458 e. The fourth-order valence-corrected chi connectivity index (χ4v) is 5.25. The molecule has 4 aliphatic rings. The number of rotatable bonds is 5. The number of esters is 1. The van der Waals surface area contributed by atoms with Crippen LogP contribution in [0, 0.1) is 35.0 Å². The van der Waals surface area contributed by atoms with Gasteiger partial charge in [-0.1, -0.05) is 20.8 Å². The van der Waals surface area contributed by atoms with E-state index < -0.39 is 11.5 Å². The van der Waals surface area contributed by atoms with Crippen LogP contribution in [0.1, 0.15) is 53.9 Å². The van der Waals surface area contributed by atoms with Crippen molar-refractivity contribution in [1.82, 2.24) is 0 Å². The van der Waals surface area contributed by atoms with E-state index in [-0.39, 0.29) is 40.7 Å². The SMILES string of the molecule is CC(C)C(=O)C(C)C(=O)CC1(C)C2CC3CC2C(=O)OC31C. The van der Waals surface area contributed by atoms with Crippen LogP contribution in [0.4, 0.5) is 0 Å². The zero-order valence-electron chi connectivity index (χ0n) is 14.1. The molecule has 2 aliphatic heterocycles. The lowest BCUT2D eigenvalue weighted by atomic mass is 9.57. The van der Waals surface area contributed by atoms with Gasteiger partial charge in [0.25, 0.3) is 0 Å². The van der Waals surface area contributed by atoms with Crippen molar-refractivity contribution in [1.29, 1.82) is 0 Å². The third-order valence-electron chi connectivity index (χ3n) is 6.93. The molecular weight excluding hydrogens is 280 g/mol. The molecule has 0 aromatic carbocycles. The summed E-state index contributed by atoms with van der Waals surface area (Å²) in [4.78, 5) is 36.8. The summed E-state index contributed by atoms with van der Waals surface area (Å²) in [6, 6.07) is 0. The fraction of sp³-hybridized carbons (Fsp3) is 0.833. The first-order chi connectivity index (χ1) is 10.1. The van der Waals surface area contributed by atoms with E-state index in [0.717, 1.165) is 12.8 Å². The van der Waals surface area contributed by atoms with E-state index in [2.05, 4.69) is 6.92 Å². The topological polar surface area (TPSA) is 60.4 Å². The highest BCUT2D eigenvalue weighted by atomic mass is 16.6. The lowest BCUT2D eigenvalue weighted by Gasteiger charge is -2.55. The van der Waals surface area contributed by atoms with Gasteiger partial charge in [-0.15, -0.1) is 0 Å². The number of hydrogen-bond donors (Lipinski definition) is 0. The summed E-state index contributed by atoms with van der Waals surface area (Å²) in [6.45, 7) is 9.45. The van der Waals surface area contributed by atoms with Gasteiger partial charge in [-0.25, -0.2) is 0 Å². The minimum absolute atomic E-state index is 0.00308. The largest absolute Gasteiger partial charge is 0.458 e. The summed E-state index contributed by atoms with van der Waals surface area (Å²) in [6.07, 6.45) is 2.22. The highest BCUT2D eigenvalue weighted by Gasteiger charge is 2.73. The molecule has 4 heteroatoms. The molecule has 6 unspecified atom stereocenters. The van der Waals surface area contributed by atoms with Gasteiger partial charge < -0.3 is 4.74 Å². The van der Waals surface area contributed by atoms with Crippen molar-refractivity contribution in [3.05, 3.63) is 0 Å². The lowest BCUT2D eigenvalue weighted by molar-refractivity contribution is -0.221. The quantitative estimate of drug-likeness (QED) is 0.579. The Hall–Kier alpha value is -1.19. The second-order valence-electron chi connectivity index (χ2n) is 8.25. The fourth-order valence-electron chi connectivity index (χ4n) is 5.25. The number of carbonyl (C=O) groups excluding carboxylic acids is 3. The summed E-state index contributed by atoms with van der Waals surface area (Å²) in [5.41, 5.74) is -0.864. The molecule has 2 saturated carbocycles. The summed E-state index contributed by atoms with van der Waals surface area (Å²) in [7, 11) is 0. The zero-order valence-corrected chi connectivity index (χ0v) is 14.1. The Morgan fingerprint density at radius 2 is 1.86 bits per heavy atom. The molecule has 2 heterocycles. The van der Waals surface area contributed by atoms with E-state index in [9.17, 15) is 14.4 Å². The average Bonchev–Trinajstić information content (AvgIpc) is 2.93. The van der Waals surface area contributed by atoms with Gasteiger partial charge in [-0.05, 0) is 32.6 Å². The van der Waals surface area contributed by atoms with Crippen LogP contribution >= 0.6 is 0 Å². The maximum absolute atomic E-state index is 12.7. The predicted molar refractivity (Wildman–Crippen MR) is 80.9 cm³/mol. The van der Waals surface area contributed by atoms with Gasteiger partial charge in [-0.2, -0.15) is 0 Å². The molecule has 6 atom stereocenters. The number of carbonyl (C=O) groups is 3. The molecule has 4 rings (SSSR count). The Morgan fingerprint density at radius 1 is 1.23 bits per heavy atom. The Bertz CT molecular complexity index is 551. The van der Waals surface area contributed by atoms with Crippen LogP contribution in [0.3, 0.4) is 0 Å². The second kappa shape index (κ2) is 4.65. The first-order valence-electron chi connectivity index (χ1n) is 8.41. The first kappa shape index (κ1) is 15.7. The van der Waals surface area contributed by atoms with Crippen molar-refractivity contribution >= 4 is 17.5 Å². The molecule has 4 bridgehead atoms. The summed E-state index contributed by atoms with van der Waals surface area (Å²) < 4.78 is 5.75. The summed E-state index contributed by atoms with van der Waals surface area (Å²) >= 11 is 0. The zero-order chi connectivity index (χ0) is 16.4. The van der Waals surface area contributed by atoms with E-state index in [1.165, 1.54) is 0 Å². The normalized spacial score (nSPS) is 43.5. The summed E-state index contributed by atoms with van der Waals surface area (Å²) in [5, 5.41) is 0. The summed E-state index contributed by atoms with van der Waals surface area (Å²) in [5.74, 6) is -0.215. The van der Waals surface area contributed by atoms with Crippen LogP contribution in [0.2, 0.25) is 0 Å². The van der Waals surface area contributed by atoms with Crippen molar-refractivity contribution in [2.24, 2.45) is 35.0 Å². The maximum atomic E-state index is 12.7. The molecule has 2 saturated heterocycles. The molecule has 0 aromatic heterocycles. The molecule has 0 aromatic rings. The maximum Gasteiger partial charge on any atom is 0.309 e. The van der Waals surface area contributed by atoms with Gasteiger partial charge in [0.1, 0.15) is 17.2 Å². The smallest absolute Gasteiger partial charge is 0.309 e. The van der Waals surface area contributed by atoms with Crippen LogP contribution in [-0.4, -0.2) is 23.1 Å². The van der Waals surface area contributed by atoms with Gasteiger partial charge in [0.15, 0.2) is 0 Å². The van der Waals surface area contributed by atoms with Crippen molar-refractivity contribution < 1.29 is 19.1 Å². The van der Waals surface area contributed by atoms with Gasteiger partial charge in [-0.3, -0.25) is 14.4 Å². The second-order valence-corrected chi connectivity index (χ2v) is 8.25. The molecule has 4 nitrogen and oxygen atoms in total. The number of ether oxygens (including phenoxy) is 1. The molecule has 0 radical (unpaired) electrons. The molecule has 122 valence electrons. The number of Topliss-reactive ketones (excluding diaryl/α,β-unsaturated/α-hetero) is 2. The molecule has 22 heavy (non-hydrogen) atoms. The highest BCUT2D eigenvalue weighted by Crippen LogP contribution is 2.70. The first-order valence-corrected chi connectivity index (χ1v) is 8.41. The van der Waals surface area contributed by atoms with Gasteiger partial charge in [0.2, 0.25) is 0 Å². The Morgan fingerprint density at radius 3 is 2.41 bits per heavy atom. The van der Waals surface area contributed by atoms with E-state index in [1.54, 1.807) is 6.92 Å². The van der Waals surface area contributed by atoms with E-state index in [0.29, 0.717) is 12.3 Å². The van der Waals surface area contributed by atoms with E-state index >= 15 is 0 Å². The molecule has 0 amide bonds. The van der Waals surface area contributed by atoms with Gasteiger partial charge in [0, 0.05) is 23.7 Å². The van der Waals surface area contributed by atoms with Gasteiger partial charge >= 0.3 is 5.97 Å². The van der Waals surface area contributed by atoms with Gasteiger partial charge in [0.05, 0.1) is 11.8 Å². The highest BCUT2D eigenvalue weighted by molar-refractivity contribution is 6.03. The predicted octanol–water partition coefficient (Wildman–Crippen LogP) is 2.78. The molecule has 0 N–H and O–H groups in total. The van der Waals surface area contributed by atoms with Crippen LogP contribution in [0.15, 0.2) is 0 Å². The van der Waals surface area contributed by atoms with E-state index in [4.69, 9.17) is 4.74 Å². The Labute approximate surface area is 132 Å². The third-order valence-corrected chi connectivity index (χ3v) is 6.93. The van der Waals surface area contributed by atoms with Crippen LogP contribution in [0.5, 0.6) is 0 Å². The van der Waals surface area contributed by atoms with E-state index in [1.807, 2.05) is 20.8 Å². The number of ketones is 2. The number of fused-ring (bicyclic) bond motifs is 1. The lowest BCUT2D eigenvalue weighted by Crippen LogP contribution is -2.61. The minimum atomic E-state index is -0.561. The average molecular weight is 306 g/mol. The molecular formula is C18H26O4. The van der Waals surface area contributed by atoms with Crippen molar-refractivity contribution in [2.45, 2.75) is 59.5 Å². The van der Waals surface area contributed by atoms with Crippen LogP contribution in [0.25, 0.3) is 0 Å². The van der Waals surface area contributed by atoms with Crippen LogP contribution < -0.4 is 0 Å². The van der Waals surface area contributed by atoms with Crippen molar-refractivity contribution in [3.63, 3.8) is 0 Å². The third kappa shape index (κ3) is 1.79. The number of hydrogen-bond acceptors (Lipinski definition) is 4. The molecule has 2 aliphatic carbocycles. The molecule has 0 spiro atoms. The Balaban J connectivity index is 1.83. The van der Waals surface area contributed by atoms with Crippen molar-refractivity contribution in [3.8, 4) is 0 Å². The molecule has 4 fully saturated rings. The van der Waals surface area contributed by atoms with Crippen molar-refractivity contribution in [2.75, 3.05) is 0 Å². The van der Waals surface area contributed by atoms with Crippen LogP contribution in [-0.2, 0) is 19.1 Å². The Kier molecular flexibility index (Phi) is 3.32.